The van der Waals surface area contributed by atoms with Gasteiger partial charge in [-0.2, -0.15) is 0 Å². The van der Waals surface area contributed by atoms with E-state index in [-0.39, 0.29) is 12.5 Å². The Balaban J connectivity index is 1.63. The van der Waals surface area contributed by atoms with Gasteiger partial charge in [0.25, 0.3) is 0 Å². The molecule has 1 aliphatic rings. The summed E-state index contributed by atoms with van der Waals surface area (Å²) in [5.41, 5.74) is 0.542. The van der Waals surface area contributed by atoms with Gasteiger partial charge in [0.15, 0.2) is 0 Å². The van der Waals surface area contributed by atoms with Crippen LogP contribution in [0.5, 0.6) is 0 Å². The van der Waals surface area contributed by atoms with E-state index < -0.39 is 11.7 Å². The molecule has 5 heteroatoms. The van der Waals surface area contributed by atoms with E-state index in [0.29, 0.717) is 19.6 Å². The van der Waals surface area contributed by atoms with Gasteiger partial charge >= 0.3 is 6.09 Å². The minimum atomic E-state index is -0.553. The van der Waals surface area contributed by atoms with Crippen LogP contribution in [0.2, 0.25) is 0 Å². The van der Waals surface area contributed by atoms with Crippen molar-refractivity contribution in [3.05, 3.63) is 48.0 Å². The van der Waals surface area contributed by atoms with Crippen LogP contribution in [0.15, 0.2) is 42.5 Å². The number of carbonyl (C=O) groups is 2. The molecule has 2 amide bonds. The minimum Gasteiger partial charge on any atom is -0.444 e. The number of ether oxygens (including phenoxy) is 1. The first kappa shape index (κ1) is 17.3. The molecule has 1 saturated heterocycles. The average Bonchev–Trinajstić information content (AvgIpc) is 2.55. The zero-order valence-corrected chi connectivity index (χ0v) is 15.0. The second-order valence-electron chi connectivity index (χ2n) is 7.40. The Morgan fingerprint density at radius 1 is 1.08 bits per heavy atom. The highest BCUT2D eigenvalue weighted by Crippen LogP contribution is 2.18. The van der Waals surface area contributed by atoms with E-state index in [0.717, 1.165) is 5.56 Å². The largest absolute Gasteiger partial charge is 0.444 e. The lowest BCUT2D eigenvalue weighted by atomic mass is 10.1. The van der Waals surface area contributed by atoms with Crippen LogP contribution >= 0.6 is 0 Å². The summed E-state index contributed by atoms with van der Waals surface area (Å²) in [4.78, 5) is 27.8. The summed E-state index contributed by atoms with van der Waals surface area (Å²) >= 11 is 0. The molecular formula is C20H24N2O3. The molecule has 5 nitrogen and oxygen atoms in total. The van der Waals surface area contributed by atoms with Crippen molar-refractivity contribution in [3.63, 3.8) is 0 Å². The van der Waals surface area contributed by atoms with Gasteiger partial charge in [0.2, 0.25) is 5.91 Å². The molecular weight excluding hydrogens is 316 g/mol. The van der Waals surface area contributed by atoms with Gasteiger partial charge in [0, 0.05) is 19.6 Å². The molecule has 1 fully saturated rings. The molecule has 25 heavy (non-hydrogen) atoms. The average molecular weight is 340 g/mol. The Labute approximate surface area is 148 Å². The summed E-state index contributed by atoms with van der Waals surface area (Å²) in [5, 5.41) is 2.35. The molecule has 2 aromatic rings. The van der Waals surface area contributed by atoms with Crippen LogP contribution in [0.25, 0.3) is 10.8 Å². The number of piperazine rings is 1. The van der Waals surface area contributed by atoms with Gasteiger partial charge in [-0.15, -0.1) is 0 Å². The molecule has 1 heterocycles. The standard InChI is InChI=1S/C20H24N2O3/c1-20(2,3)25-19(24)22-11-10-21(18(23)14-22)13-15-8-9-16-6-4-5-7-17(16)12-15/h4-9,12H,10-11,13-14H2,1-3H3. The number of rotatable bonds is 2. The topological polar surface area (TPSA) is 49.9 Å². The van der Waals surface area contributed by atoms with Gasteiger partial charge in [-0.1, -0.05) is 36.4 Å². The third kappa shape index (κ3) is 4.29. The fraction of sp³-hybridized carbons (Fsp3) is 0.400. The lowest BCUT2D eigenvalue weighted by Crippen LogP contribution is -2.52. The van der Waals surface area contributed by atoms with Gasteiger partial charge in [-0.05, 0) is 43.2 Å². The molecule has 0 radical (unpaired) electrons. The number of fused-ring (bicyclic) bond motifs is 1. The van der Waals surface area contributed by atoms with Crippen molar-refractivity contribution >= 4 is 22.8 Å². The number of benzene rings is 2. The molecule has 0 aromatic heterocycles. The summed E-state index contributed by atoms with van der Waals surface area (Å²) in [5.74, 6) is -0.0507. The molecule has 0 bridgehead atoms. The number of nitrogens with zero attached hydrogens (tertiary/aromatic N) is 2. The number of amides is 2. The second kappa shape index (κ2) is 6.75. The lowest BCUT2D eigenvalue weighted by Gasteiger charge is -2.35. The zero-order chi connectivity index (χ0) is 18.0. The Hall–Kier alpha value is -2.56. The third-order valence-electron chi connectivity index (χ3n) is 4.16. The normalized spacial score (nSPS) is 15.6. The summed E-state index contributed by atoms with van der Waals surface area (Å²) in [6.45, 7) is 7.11. The summed E-state index contributed by atoms with van der Waals surface area (Å²) in [7, 11) is 0. The molecule has 2 aromatic carbocycles. The van der Waals surface area contributed by atoms with Crippen LogP contribution in [0.4, 0.5) is 4.79 Å². The van der Waals surface area contributed by atoms with E-state index in [1.807, 2.05) is 32.9 Å². The maximum absolute atomic E-state index is 12.4. The summed E-state index contributed by atoms with van der Waals surface area (Å²) in [6, 6.07) is 14.4. The maximum Gasteiger partial charge on any atom is 0.410 e. The Bertz CT molecular complexity index is 795. The van der Waals surface area contributed by atoms with Crippen LogP contribution in [-0.2, 0) is 16.1 Å². The predicted molar refractivity (Wildman–Crippen MR) is 97.2 cm³/mol. The summed E-state index contributed by atoms with van der Waals surface area (Å²) < 4.78 is 5.34. The highest BCUT2D eigenvalue weighted by molar-refractivity contribution is 5.85. The maximum atomic E-state index is 12.4. The molecule has 0 saturated carbocycles. The fourth-order valence-corrected chi connectivity index (χ4v) is 2.92. The smallest absolute Gasteiger partial charge is 0.410 e. The highest BCUT2D eigenvalue weighted by Gasteiger charge is 2.30. The SMILES string of the molecule is CC(C)(C)OC(=O)N1CCN(Cc2ccc3ccccc3c2)C(=O)C1. The highest BCUT2D eigenvalue weighted by atomic mass is 16.6. The van der Waals surface area contributed by atoms with Crippen molar-refractivity contribution in [2.45, 2.75) is 32.9 Å². The van der Waals surface area contributed by atoms with Crippen molar-refractivity contribution in [1.82, 2.24) is 9.80 Å². The molecule has 3 rings (SSSR count). The predicted octanol–water partition coefficient (Wildman–Crippen LogP) is 3.42. The lowest BCUT2D eigenvalue weighted by molar-refractivity contribution is -0.136. The van der Waals surface area contributed by atoms with Gasteiger partial charge in [-0.3, -0.25) is 9.69 Å². The van der Waals surface area contributed by atoms with Crippen LogP contribution < -0.4 is 0 Å². The van der Waals surface area contributed by atoms with E-state index in [1.165, 1.54) is 15.7 Å². The van der Waals surface area contributed by atoms with Gasteiger partial charge in [0.05, 0.1) is 0 Å². The van der Waals surface area contributed by atoms with Crippen LogP contribution in [0, 0.1) is 0 Å². The van der Waals surface area contributed by atoms with E-state index in [2.05, 4.69) is 30.3 Å². The second-order valence-corrected chi connectivity index (χ2v) is 7.40. The third-order valence-corrected chi connectivity index (χ3v) is 4.16. The van der Waals surface area contributed by atoms with Crippen molar-refractivity contribution in [1.29, 1.82) is 0 Å². The quantitative estimate of drug-likeness (QED) is 0.842. The Morgan fingerprint density at radius 3 is 2.48 bits per heavy atom. The minimum absolute atomic E-state index is 0.0507. The van der Waals surface area contributed by atoms with Gasteiger partial charge in [0.1, 0.15) is 12.1 Å². The molecule has 0 N–H and O–H groups in total. The number of hydrogen-bond donors (Lipinski definition) is 0. The first-order valence-corrected chi connectivity index (χ1v) is 8.55. The molecule has 0 aliphatic carbocycles. The molecule has 0 spiro atoms. The monoisotopic (exact) mass is 340 g/mol. The van der Waals surface area contributed by atoms with Crippen molar-refractivity contribution in [2.75, 3.05) is 19.6 Å². The molecule has 0 atom stereocenters. The zero-order valence-electron chi connectivity index (χ0n) is 15.0. The van der Waals surface area contributed by atoms with Crippen molar-refractivity contribution in [2.24, 2.45) is 0 Å². The van der Waals surface area contributed by atoms with Crippen LogP contribution in [-0.4, -0.2) is 47.0 Å². The van der Waals surface area contributed by atoms with Gasteiger partial charge in [-0.25, -0.2) is 4.79 Å². The molecule has 0 unspecified atom stereocenters. The van der Waals surface area contributed by atoms with E-state index in [1.54, 1.807) is 4.90 Å². The van der Waals surface area contributed by atoms with E-state index >= 15 is 0 Å². The van der Waals surface area contributed by atoms with Crippen LogP contribution in [0.1, 0.15) is 26.3 Å². The van der Waals surface area contributed by atoms with Crippen molar-refractivity contribution in [3.8, 4) is 0 Å². The Kier molecular flexibility index (Phi) is 4.66. The van der Waals surface area contributed by atoms with E-state index in [4.69, 9.17) is 4.74 Å². The molecule has 1 aliphatic heterocycles. The van der Waals surface area contributed by atoms with Crippen LogP contribution in [0.3, 0.4) is 0 Å². The number of hydrogen-bond acceptors (Lipinski definition) is 3. The van der Waals surface area contributed by atoms with E-state index in [9.17, 15) is 9.59 Å². The number of carbonyl (C=O) groups excluding carboxylic acids is 2. The fourth-order valence-electron chi connectivity index (χ4n) is 2.92. The van der Waals surface area contributed by atoms with Crippen molar-refractivity contribution < 1.29 is 14.3 Å². The summed E-state index contributed by atoms with van der Waals surface area (Å²) in [6.07, 6.45) is -0.425. The first-order chi connectivity index (χ1) is 11.8. The Morgan fingerprint density at radius 2 is 1.80 bits per heavy atom. The first-order valence-electron chi connectivity index (χ1n) is 8.55. The molecule has 132 valence electrons. The van der Waals surface area contributed by atoms with Gasteiger partial charge < -0.3 is 9.64 Å².